The molecule has 0 heterocycles. The van der Waals surface area contributed by atoms with Gasteiger partial charge in [0.2, 0.25) is 10.0 Å². The highest BCUT2D eigenvalue weighted by molar-refractivity contribution is 7.89. The molecule has 5 heteroatoms. The van der Waals surface area contributed by atoms with Crippen LogP contribution in [0.1, 0.15) is 18.1 Å². The first kappa shape index (κ1) is 14.5. The Morgan fingerprint density at radius 3 is 2.59 bits per heavy atom. The lowest BCUT2D eigenvalue weighted by Gasteiger charge is -2.12. The van der Waals surface area contributed by atoms with Crippen molar-refractivity contribution in [2.75, 3.05) is 12.4 Å². The van der Waals surface area contributed by atoms with Gasteiger partial charge in [-0.1, -0.05) is 19.1 Å². The fourth-order valence-corrected chi connectivity index (χ4v) is 2.98. The van der Waals surface area contributed by atoms with Crippen LogP contribution in [-0.4, -0.2) is 20.8 Å². The van der Waals surface area contributed by atoms with Crippen LogP contribution >= 0.6 is 11.6 Å². The second-order valence-corrected chi connectivity index (χ2v) is 6.42. The summed E-state index contributed by atoms with van der Waals surface area (Å²) in [6.45, 7) is 5.93. The summed E-state index contributed by atoms with van der Waals surface area (Å²) in [6.07, 6.45) is 0. The maximum absolute atomic E-state index is 12.1. The molecule has 0 fully saturated rings. The topological polar surface area (TPSA) is 46.2 Å². The average Bonchev–Trinajstić information content (AvgIpc) is 2.29. The maximum Gasteiger partial charge on any atom is 0.240 e. The van der Waals surface area contributed by atoms with Crippen molar-refractivity contribution >= 4 is 21.6 Å². The first-order chi connectivity index (χ1) is 7.86. The summed E-state index contributed by atoms with van der Waals surface area (Å²) >= 11 is 5.65. The van der Waals surface area contributed by atoms with Gasteiger partial charge in [-0.05, 0) is 37.0 Å². The molecule has 0 amide bonds. The Balaban J connectivity index is 2.93. The van der Waals surface area contributed by atoms with Crippen molar-refractivity contribution in [3.8, 4) is 0 Å². The predicted octanol–water partition coefficient (Wildman–Crippen LogP) is 2.46. The van der Waals surface area contributed by atoms with Crippen molar-refractivity contribution in [1.29, 1.82) is 0 Å². The number of benzene rings is 1. The lowest BCUT2D eigenvalue weighted by Crippen LogP contribution is -2.29. The molecule has 0 saturated heterocycles. The molecule has 1 aromatic rings. The molecule has 0 aliphatic rings. The van der Waals surface area contributed by atoms with Gasteiger partial charge in [-0.15, -0.1) is 11.6 Å². The summed E-state index contributed by atoms with van der Waals surface area (Å²) in [5.74, 6) is 0.562. The lowest BCUT2D eigenvalue weighted by molar-refractivity contribution is 0.561. The fourth-order valence-electron chi connectivity index (χ4n) is 1.38. The van der Waals surface area contributed by atoms with E-state index in [1.54, 1.807) is 13.0 Å². The van der Waals surface area contributed by atoms with Crippen LogP contribution in [0.15, 0.2) is 23.1 Å². The summed E-state index contributed by atoms with van der Waals surface area (Å²) in [5, 5.41) is 0. The number of nitrogens with one attached hydrogen (secondary N) is 1. The van der Waals surface area contributed by atoms with E-state index in [1.807, 2.05) is 26.0 Å². The average molecular weight is 276 g/mol. The maximum atomic E-state index is 12.1. The minimum atomic E-state index is -3.43. The summed E-state index contributed by atoms with van der Waals surface area (Å²) in [6, 6.07) is 5.40. The third-order valence-electron chi connectivity index (χ3n) is 2.52. The molecule has 96 valence electrons. The van der Waals surface area contributed by atoms with Crippen LogP contribution in [-0.2, 0) is 10.0 Å². The van der Waals surface area contributed by atoms with Crippen LogP contribution in [0.5, 0.6) is 0 Å². The number of hydrogen-bond donors (Lipinski definition) is 1. The van der Waals surface area contributed by atoms with Crippen molar-refractivity contribution < 1.29 is 8.42 Å². The Morgan fingerprint density at radius 1 is 1.35 bits per heavy atom. The SMILES string of the molecule is Cc1ccc(C)c(S(=O)(=O)NCC(C)CCl)c1. The highest BCUT2D eigenvalue weighted by Gasteiger charge is 2.17. The van der Waals surface area contributed by atoms with E-state index in [0.29, 0.717) is 17.3 Å². The molecule has 0 saturated carbocycles. The summed E-state index contributed by atoms with van der Waals surface area (Å²) in [4.78, 5) is 0.347. The zero-order chi connectivity index (χ0) is 13.1. The van der Waals surface area contributed by atoms with E-state index >= 15 is 0 Å². The molecule has 0 aromatic heterocycles. The van der Waals surface area contributed by atoms with Crippen LogP contribution in [0.25, 0.3) is 0 Å². The van der Waals surface area contributed by atoms with Gasteiger partial charge in [-0.3, -0.25) is 0 Å². The molecular formula is C12H18ClNO2S. The number of alkyl halides is 1. The monoisotopic (exact) mass is 275 g/mol. The standard InChI is InChI=1S/C12H18ClNO2S/c1-9-4-5-11(3)12(6-9)17(15,16)14-8-10(2)7-13/h4-6,10,14H,7-8H2,1-3H3. The molecule has 0 radical (unpaired) electrons. The fraction of sp³-hybridized carbons (Fsp3) is 0.500. The zero-order valence-corrected chi connectivity index (χ0v) is 11.9. The first-order valence-electron chi connectivity index (χ1n) is 5.49. The van der Waals surface area contributed by atoms with Crippen LogP contribution < -0.4 is 4.72 Å². The van der Waals surface area contributed by atoms with E-state index in [0.717, 1.165) is 11.1 Å². The molecule has 1 N–H and O–H groups in total. The van der Waals surface area contributed by atoms with Gasteiger partial charge in [0.05, 0.1) is 4.90 Å². The van der Waals surface area contributed by atoms with Crippen molar-refractivity contribution in [2.24, 2.45) is 5.92 Å². The molecule has 1 atom stereocenters. The quantitative estimate of drug-likeness (QED) is 0.839. The Labute approximate surface area is 108 Å². The van der Waals surface area contributed by atoms with Gasteiger partial charge in [0.15, 0.2) is 0 Å². The second-order valence-electron chi connectivity index (χ2n) is 4.38. The van der Waals surface area contributed by atoms with Gasteiger partial charge in [0.25, 0.3) is 0 Å². The minimum absolute atomic E-state index is 0.122. The number of aryl methyl sites for hydroxylation is 2. The molecule has 3 nitrogen and oxygen atoms in total. The molecule has 0 spiro atoms. The van der Waals surface area contributed by atoms with Crippen LogP contribution in [0.3, 0.4) is 0 Å². The van der Waals surface area contributed by atoms with Crippen molar-refractivity contribution in [2.45, 2.75) is 25.7 Å². The Kier molecular flexibility index (Phi) is 4.98. The summed E-state index contributed by atoms with van der Waals surface area (Å²) in [5.41, 5.74) is 1.68. The summed E-state index contributed by atoms with van der Waals surface area (Å²) < 4.78 is 26.7. The lowest BCUT2D eigenvalue weighted by atomic mass is 10.2. The molecule has 1 rings (SSSR count). The van der Waals surface area contributed by atoms with Gasteiger partial charge in [0, 0.05) is 12.4 Å². The molecule has 1 unspecified atom stereocenters. The van der Waals surface area contributed by atoms with Crippen molar-refractivity contribution in [3.05, 3.63) is 29.3 Å². The summed E-state index contributed by atoms with van der Waals surface area (Å²) in [7, 11) is -3.43. The van der Waals surface area contributed by atoms with Gasteiger partial charge in [0.1, 0.15) is 0 Å². The number of halogens is 1. The Bertz CT molecular complexity index is 485. The van der Waals surface area contributed by atoms with E-state index < -0.39 is 10.0 Å². The number of rotatable bonds is 5. The molecule has 0 aliphatic carbocycles. The number of hydrogen-bond acceptors (Lipinski definition) is 2. The third-order valence-corrected chi connectivity index (χ3v) is 4.61. The van der Waals surface area contributed by atoms with Gasteiger partial charge in [-0.2, -0.15) is 0 Å². The Morgan fingerprint density at radius 2 is 2.00 bits per heavy atom. The third kappa shape index (κ3) is 3.98. The van der Waals surface area contributed by atoms with Gasteiger partial charge >= 0.3 is 0 Å². The van der Waals surface area contributed by atoms with Crippen LogP contribution in [0, 0.1) is 19.8 Å². The van der Waals surface area contributed by atoms with Crippen LogP contribution in [0.2, 0.25) is 0 Å². The van der Waals surface area contributed by atoms with E-state index in [9.17, 15) is 8.42 Å². The van der Waals surface area contributed by atoms with Crippen LogP contribution in [0.4, 0.5) is 0 Å². The largest absolute Gasteiger partial charge is 0.240 e. The van der Waals surface area contributed by atoms with E-state index in [1.165, 1.54) is 0 Å². The second kappa shape index (κ2) is 5.85. The molecule has 0 bridgehead atoms. The molecule has 0 aliphatic heterocycles. The first-order valence-corrected chi connectivity index (χ1v) is 7.51. The minimum Gasteiger partial charge on any atom is -0.211 e. The van der Waals surface area contributed by atoms with E-state index in [-0.39, 0.29) is 5.92 Å². The molecule has 1 aromatic carbocycles. The molecular weight excluding hydrogens is 258 g/mol. The highest BCUT2D eigenvalue weighted by Crippen LogP contribution is 2.16. The highest BCUT2D eigenvalue weighted by atomic mass is 35.5. The van der Waals surface area contributed by atoms with E-state index in [2.05, 4.69) is 4.72 Å². The zero-order valence-electron chi connectivity index (χ0n) is 10.3. The van der Waals surface area contributed by atoms with E-state index in [4.69, 9.17) is 11.6 Å². The van der Waals surface area contributed by atoms with Crippen molar-refractivity contribution in [3.63, 3.8) is 0 Å². The van der Waals surface area contributed by atoms with Gasteiger partial charge in [-0.25, -0.2) is 13.1 Å². The normalized spacial score (nSPS) is 13.6. The van der Waals surface area contributed by atoms with Gasteiger partial charge < -0.3 is 0 Å². The predicted molar refractivity (Wildman–Crippen MR) is 71.0 cm³/mol. The Hall–Kier alpha value is -0.580. The number of sulfonamides is 1. The van der Waals surface area contributed by atoms with Crippen molar-refractivity contribution in [1.82, 2.24) is 4.72 Å². The molecule has 17 heavy (non-hydrogen) atoms. The smallest absolute Gasteiger partial charge is 0.211 e.